The van der Waals surface area contributed by atoms with Crippen LogP contribution in [0.2, 0.25) is 0 Å². The molecule has 1 unspecified atom stereocenters. The zero-order valence-electron chi connectivity index (χ0n) is 11.7. The molecule has 1 rings (SSSR count). The zero-order valence-corrected chi connectivity index (χ0v) is 11.7. The van der Waals surface area contributed by atoms with Crippen LogP contribution in [-0.4, -0.2) is 36.0 Å². The summed E-state index contributed by atoms with van der Waals surface area (Å²) in [5, 5.41) is 11.2. The first-order valence-electron chi connectivity index (χ1n) is 6.43. The quantitative estimate of drug-likeness (QED) is 0.641. The van der Waals surface area contributed by atoms with Gasteiger partial charge in [0.2, 0.25) is 0 Å². The highest BCUT2D eigenvalue weighted by atomic mass is 16.5. The van der Waals surface area contributed by atoms with Gasteiger partial charge < -0.3 is 20.9 Å². The van der Waals surface area contributed by atoms with E-state index in [0.29, 0.717) is 6.42 Å². The predicted molar refractivity (Wildman–Crippen MR) is 74.9 cm³/mol. The fraction of sp³-hybridized carbons (Fsp3) is 0.357. The van der Waals surface area contributed by atoms with Crippen molar-refractivity contribution in [3.8, 4) is 5.75 Å². The highest BCUT2D eigenvalue weighted by Gasteiger charge is 2.12. The van der Waals surface area contributed by atoms with Gasteiger partial charge in [-0.1, -0.05) is 19.1 Å². The molecule has 0 aromatic heterocycles. The second-order valence-corrected chi connectivity index (χ2v) is 4.53. The number of benzene rings is 1. The van der Waals surface area contributed by atoms with E-state index in [1.165, 1.54) is 6.07 Å². The van der Waals surface area contributed by atoms with Crippen molar-refractivity contribution in [2.24, 2.45) is 11.7 Å². The van der Waals surface area contributed by atoms with Crippen LogP contribution in [0.15, 0.2) is 24.3 Å². The molecule has 0 aliphatic rings. The van der Waals surface area contributed by atoms with Gasteiger partial charge in [-0.2, -0.15) is 0 Å². The summed E-state index contributed by atoms with van der Waals surface area (Å²) in [7, 11) is 0. The number of carbonyl (C=O) groups excluding carboxylic acids is 2. The normalized spacial score (nSPS) is 11.5. The second kappa shape index (κ2) is 7.88. The SMILES string of the molecule is CC(CCNC(=O)COc1ccccc1C(N)=O)C(=O)O. The Kier molecular flexibility index (Phi) is 6.19. The van der Waals surface area contributed by atoms with Crippen molar-refractivity contribution in [3.63, 3.8) is 0 Å². The molecule has 1 aromatic carbocycles. The molecule has 7 nitrogen and oxygen atoms in total. The predicted octanol–water partition coefficient (Wildman–Crippen LogP) is 0.391. The van der Waals surface area contributed by atoms with Crippen molar-refractivity contribution in [1.82, 2.24) is 5.32 Å². The third kappa shape index (κ3) is 5.52. The highest BCUT2D eigenvalue weighted by molar-refractivity contribution is 5.95. The van der Waals surface area contributed by atoms with Crippen LogP contribution >= 0.6 is 0 Å². The number of carboxylic acid groups (broad SMARTS) is 1. The molecule has 0 heterocycles. The van der Waals surface area contributed by atoms with Crippen LogP contribution in [0, 0.1) is 5.92 Å². The number of hydrogen-bond acceptors (Lipinski definition) is 4. The summed E-state index contributed by atoms with van der Waals surface area (Å²) < 4.78 is 5.24. The first-order valence-corrected chi connectivity index (χ1v) is 6.43. The van der Waals surface area contributed by atoms with Gasteiger partial charge in [-0.15, -0.1) is 0 Å². The topological polar surface area (TPSA) is 119 Å². The van der Waals surface area contributed by atoms with Crippen LogP contribution in [0.1, 0.15) is 23.7 Å². The number of aliphatic carboxylic acids is 1. The maximum atomic E-state index is 11.5. The van der Waals surface area contributed by atoms with Crippen LogP contribution in [0.4, 0.5) is 0 Å². The Morgan fingerprint density at radius 1 is 1.33 bits per heavy atom. The molecule has 0 radical (unpaired) electrons. The van der Waals surface area contributed by atoms with Crippen LogP contribution in [0.3, 0.4) is 0 Å². The van der Waals surface area contributed by atoms with Crippen LogP contribution in [0.5, 0.6) is 5.75 Å². The van der Waals surface area contributed by atoms with E-state index in [1.807, 2.05) is 0 Å². The number of rotatable bonds is 8. The van der Waals surface area contributed by atoms with Gasteiger partial charge in [0.05, 0.1) is 11.5 Å². The first kappa shape index (κ1) is 16.5. The van der Waals surface area contributed by atoms with E-state index in [1.54, 1.807) is 25.1 Å². The lowest BCUT2D eigenvalue weighted by Crippen LogP contribution is -2.31. The molecule has 0 fully saturated rings. The largest absolute Gasteiger partial charge is 0.483 e. The van der Waals surface area contributed by atoms with Gasteiger partial charge in [0.25, 0.3) is 11.8 Å². The van der Waals surface area contributed by atoms with Gasteiger partial charge in [0.15, 0.2) is 6.61 Å². The highest BCUT2D eigenvalue weighted by Crippen LogP contribution is 2.16. The number of carbonyl (C=O) groups is 3. The zero-order chi connectivity index (χ0) is 15.8. The Bertz CT molecular complexity index is 530. The molecule has 0 aliphatic carbocycles. The number of ether oxygens (including phenoxy) is 1. The molecule has 4 N–H and O–H groups in total. The number of amides is 2. The molecule has 0 bridgehead atoms. The molecule has 0 spiro atoms. The fourth-order valence-electron chi connectivity index (χ4n) is 1.54. The van der Waals surface area contributed by atoms with Crippen molar-refractivity contribution in [3.05, 3.63) is 29.8 Å². The van der Waals surface area contributed by atoms with E-state index in [-0.39, 0.29) is 24.5 Å². The number of hydrogen-bond donors (Lipinski definition) is 3. The summed E-state index contributed by atoms with van der Waals surface area (Å²) in [6.07, 6.45) is 0.332. The first-order chi connectivity index (χ1) is 9.91. The summed E-state index contributed by atoms with van der Waals surface area (Å²) >= 11 is 0. The van der Waals surface area contributed by atoms with Gasteiger partial charge in [0, 0.05) is 6.54 Å². The molecule has 114 valence electrons. The average molecular weight is 294 g/mol. The summed E-state index contributed by atoms with van der Waals surface area (Å²) in [5.41, 5.74) is 5.39. The van der Waals surface area contributed by atoms with Crippen molar-refractivity contribution in [2.45, 2.75) is 13.3 Å². The van der Waals surface area contributed by atoms with E-state index in [2.05, 4.69) is 5.32 Å². The fourth-order valence-corrected chi connectivity index (χ4v) is 1.54. The lowest BCUT2D eigenvalue weighted by atomic mass is 10.1. The molecule has 1 atom stereocenters. The molecule has 21 heavy (non-hydrogen) atoms. The summed E-state index contributed by atoms with van der Waals surface area (Å²) in [6.45, 7) is 1.53. The Hall–Kier alpha value is -2.57. The van der Waals surface area contributed by atoms with Gasteiger partial charge in [-0.3, -0.25) is 14.4 Å². The molecule has 7 heteroatoms. The minimum Gasteiger partial charge on any atom is -0.483 e. The van der Waals surface area contributed by atoms with Crippen molar-refractivity contribution >= 4 is 17.8 Å². The number of primary amides is 1. The van der Waals surface area contributed by atoms with Crippen molar-refractivity contribution in [2.75, 3.05) is 13.2 Å². The summed E-state index contributed by atoms with van der Waals surface area (Å²) in [5.74, 6) is -2.23. The van der Waals surface area contributed by atoms with E-state index >= 15 is 0 Å². The maximum absolute atomic E-state index is 11.5. The van der Waals surface area contributed by atoms with E-state index < -0.39 is 23.7 Å². The van der Waals surface area contributed by atoms with Gasteiger partial charge in [-0.25, -0.2) is 0 Å². The molecule has 0 saturated carbocycles. The van der Waals surface area contributed by atoms with Gasteiger partial charge >= 0.3 is 5.97 Å². The monoisotopic (exact) mass is 294 g/mol. The van der Waals surface area contributed by atoms with E-state index in [0.717, 1.165) is 0 Å². The number of nitrogens with two attached hydrogens (primary N) is 1. The molecule has 0 saturated heterocycles. The summed E-state index contributed by atoms with van der Waals surface area (Å²) in [6, 6.07) is 6.35. The minimum atomic E-state index is -0.907. The second-order valence-electron chi connectivity index (χ2n) is 4.53. The third-order valence-electron chi connectivity index (χ3n) is 2.83. The number of para-hydroxylation sites is 1. The number of carboxylic acids is 1. The van der Waals surface area contributed by atoms with Crippen LogP contribution < -0.4 is 15.8 Å². The Balaban J connectivity index is 2.40. The molecule has 2 amide bonds. The average Bonchev–Trinajstić information content (AvgIpc) is 2.45. The van der Waals surface area contributed by atoms with Crippen molar-refractivity contribution < 1.29 is 24.2 Å². The minimum absolute atomic E-state index is 0.199. The molecular formula is C14H18N2O5. The lowest BCUT2D eigenvalue weighted by Gasteiger charge is -2.10. The van der Waals surface area contributed by atoms with E-state index in [4.69, 9.17) is 15.6 Å². The van der Waals surface area contributed by atoms with Crippen molar-refractivity contribution in [1.29, 1.82) is 0 Å². The number of nitrogens with one attached hydrogen (secondary N) is 1. The third-order valence-corrected chi connectivity index (χ3v) is 2.83. The Morgan fingerprint density at radius 2 is 2.00 bits per heavy atom. The summed E-state index contributed by atoms with van der Waals surface area (Å²) in [4.78, 5) is 33.3. The Morgan fingerprint density at radius 3 is 2.62 bits per heavy atom. The van der Waals surface area contributed by atoms with Gasteiger partial charge in [-0.05, 0) is 18.6 Å². The van der Waals surface area contributed by atoms with Gasteiger partial charge in [0.1, 0.15) is 5.75 Å². The van der Waals surface area contributed by atoms with Crippen LogP contribution in [0.25, 0.3) is 0 Å². The van der Waals surface area contributed by atoms with Crippen LogP contribution in [-0.2, 0) is 9.59 Å². The lowest BCUT2D eigenvalue weighted by molar-refractivity contribution is -0.141. The molecular weight excluding hydrogens is 276 g/mol. The molecule has 0 aliphatic heterocycles. The van der Waals surface area contributed by atoms with E-state index in [9.17, 15) is 14.4 Å². The maximum Gasteiger partial charge on any atom is 0.306 e. The smallest absolute Gasteiger partial charge is 0.306 e. The standard InChI is InChI=1S/C14H18N2O5/c1-9(14(19)20)6-7-16-12(17)8-21-11-5-3-2-4-10(11)13(15)18/h2-5,9H,6-8H2,1H3,(H2,15,18)(H,16,17)(H,19,20). The molecule has 1 aromatic rings. The Labute approximate surface area is 122 Å².